The molecule has 0 unspecified atom stereocenters. The van der Waals surface area contributed by atoms with E-state index in [0.717, 1.165) is 26.1 Å². The molecule has 1 aromatic heterocycles. The number of hydrogen-bond donors (Lipinski definition) is 1. The third kappa shape index (κ3) is 2.82. The van der Waals surface area contributed by atoms with Gasteiger partial charge in [-0.05, 0) is 37.6 Å². The molecular formula is C16H22N2. The second kappa shape index (κ2) is 6.41. The van der Waals surface area contributed by atoms with Gasteiger partial charge in [-0.25, -0.2) is 0 Å². The van der Waals surface area contributed by atoms with Crippen LogP contribution in [-0.4, -0.2) is 17.7 Å². The molecule has 0 saturated heterocycles. The first-order valence-electron chi connectivity index (χ1n) is 6.75. The molecule has 0 spiro atoms. The third-order valence-electron chi connectivity index (χ3n) is 3.25. The zero-order chi connectivity index (χ0) is 12.8. The maximum Gasteiger partial charge on any atom is 0.0486 e. The van der Waals surface area contributed by atoms with E-state index < -0.39 is 0 Å². The number of rotatable bonds is 7. The molecule has 0 saturated carbocycles. The lowest BCUT2D eigenvalue weighted by Crippen LogP contribution is -2.14. The molecule has 2 aromatic rings. The molecule has 2 rings (SSSR count). The summed E-state index contributed by atoms with van der Waals surface area (Å²) < 4.78 is 2.28. The van der Waals surface area contributed by atoms with Gasteiger partial charge >= 0.3 is 0 Å². The fraction of sp³-hybridized carbons (Fsp3) is 0.375. The van der Waals surface area contributed by atoms with Crippen LogP contribution in [0.15, 0.2) is 43.1 Å². The van der Waals surface area contributed by atoms with E-state index in [1.165, 1.54) is 22.9 Å². The molecule has 0 aliphatic heterocycles. The molecule has 1 heterocycles. The minimum atomic E-state index is 0.883. The van der Waals surface area contributed by atoms with Crippen LogP contribution in [0.25, 0.3) is 10.9 Å². The minimum Gasteiger partial charge on any atom is -0.343 e. The van der Waals surface area contributed by atoms with E-state index >= 15 is 0 Å². The highest BCUT2D eigenvalue weighted by molar-refractivity contribution is 5.84. The van der Waals surface area contributed by atoms with Crippen molar-refractivity contribution in [3.63, 3.8) is 0 Å². The van der Waals surface area contributed by atoms with Gasteiger partial charge in [0, 0.05) is 23.6 Å². The van der Waals surface area contributed by atoms with E-state index in [1.807, 2.05) is 6.08 Å². The predicted octanol–water partition coefficient (Wildman–Crippen LogP) is 3.37. The lowest BCUT2D eigenvalue weighted by molar-refractivity contribution is 0.673. The maximum absolute atomic E-state index is 3.83. The molecule has 96 valence electrons. The molecule has 2 nitrogen and oxygen atoms in total. The summed E-state index contributed by atoms with van der Waals surface area (Å²) in [7, 11) is 0. The molecule has 0 aliphatic rings. The van der Waals surface area contributed by atoms with E-state index in [2.05, 4.69) is 53.8 Å². The fourth-order valence-electron chi connectivity index (χ4n) is 2.39. The largest absolute Gasteiger partial charge is 0.343 e. The number of allylic oxidation sites excluding steroid dienone is 1. The van der Waals surface area contributed by atoms with E-state index in [0.29, 0.717) is 0 Å². The summed E-state index contributed by atoms with van der Waals surface area (Å²) in [4.78, 5) is 0. The van der Waals surface area contributed by atoms with Crippen LogP contribution in [0, 0.1) is 0 Å². The van der Waals surface area contributed by atoms with Crippen molar-refractivity contribution < 1.29 is 0 Å². The van der Waals surface area contributed by atoms with Gasteiger partial charge in [-0.2, -0.15) is 0 Å². The van der Waals surface area contributed by atoms with Crippen molar-refractivity contribution >= 4 is 10.9 Å². The Bertz CT molecular complexity index is 511. The highest BCUT2D eigenvalue weighted by Gasteiger charge is 2.06. The van der Waals surface area contributed by atoms with Crippen LogP contribution in [0.3, 0.4) is 0 Å². The number of nitrogens with one attached hydrogen (secondary N) is 1. The first-order chi connectivity index (χ1) is 8.86. The highest BCUT2D eigenvalue weighted by Crippen LogP contribution is 2.22. The zero-order valence-electron chi connectivity index (χ0n) is 11.2. The molecule has 0 aliphatic carbocycles. The van der Waals surface area contributed by atoms with Crippen LogP contribution < -0.4 is 5.32 Å². The fourth-order valence-corrected chi connectivity index (χ4v) is 2.39. The van der Waals surface area contributed by atoms with Crippen molar-refractivity contribution in [1.29, 1.82) is 0 Å². The first-order valence-corrected chi connectivity index (χ1v) is 6.75. The Morgan fingerprint density at radius 1 is 1.33 bits per heavy atom. The van der Waals surface area contributed by atoms with Gasteiger partial charge in [0.25, 0.3) is 0 Å². The lowest BCUT2D eigenvalue weighted by atomic mass is 10.1. The van der Waals surface area contributed by atoms with Gasteiger partial charge < -0.3 is 9.88 Å². The molecule has 2 heteroatoms. The van der Waals surface area contributed by atoms with Gasteiger partial charge in [0.1, 0.15) is 0 Å². The Hall–Kier alpha value is -1.54. The normalized spacial score (nSPS) is 10.9. The van der Waals surface area contributed by atoms with Gasteiger partial charge in [-0.15, -0.1) is 6.58 Å². The second-order valence-corrected chi connectivity index (χ2v) is 4.57. The average molecular weight is 242 g/mol. The lowest BCUT2D eigenvalue weighted by Gasteiger charge is -2.00. The summed E-state index contributed by atoms with van der Waals surface area (Å²) in [5.74, 6) is 0. The van der Waals surface area contributed by atoms with Crippen LogP contribution in [0.1, 0.15) is 18.9 Å². The van der Waals surface area contributed by atoms with Crippen LogP contribution in [0.4, 0.5) is 0 Å². The van der Waals surface area contributed by atoms with Gasteiger partial charge in [0.2, 0.25) is 0 Å². The van der Waals surface area contributed by atoms with Crippen molar-refractivity contribution in [1.82, 2.24) is 9.88 Å². The summed E-state index contributed by atoms with van der Waals surface area (Å²) in [6.45, 7) is 9.01. The standard InChI is InChI=1S/C16H22N2/c1-3-12-18-13-14(8-7-11-17-4-2)15-9-5-6-10-16(15)18/h3,5-6,9-10,13,17H,1,4,7-8,11-12H2,2H3. The van der Waals surface area contributed by atoms with Gasteiger partial charge in [0.15, 0.2) is 0 Å². The smallest absolute Gasteiger partial charge is 0.0486 e. The van der Waals surface area contributed by atoms with E-state index in [1.54, 1.807) is 0 Å². The van der Waals surface area contributed by atoms with Gasteiger partial charge in [0.05, 0.1) is 0 Å². The maximum atomic E-state index is 3.83. The predicted molar refractivity (Wildman–Crippen MR) is 79.0 cm³/mol. The minimum absolute atomic E-state index is 0.883. The van der Waals surface area contributed by atoms with Crippen LogP contribution in [-0.2, 0) is 13.0 Å². The summed E-state index contributed by atoms with van der Waals surface area (Å²) >= 11 is 0. The molecule has 0 bridgehead atoms. The Morgan fingerprint density at radius 2 is 2.17 bits per heavy atom. The topological polar surface area (TPSA) is 17.0 Å². The number of benzene rings is 1. The number of hydrogen-bond acceptors (Lipinski definition) is 1. The summed E-state index contributed by atoms with van der Waals surface area (Å²) in [5.41, 5.74) is 2.77. The van der Waals surface area contributed by atoms with E-state index in [-0.39, 0.29) is 0 Å². The number of aryl methyl sites for hydroxylation is 1. The van der Waals surface area contributed by atoms with E-state index in [4.69, 9.17) is 0 Å². The van der Waals surface area contributed by atoms with Crippen molar-refractivity contribution in [3.05, 3.63) is 48.7 Å². The van der Waals surface area contributed by atoms with Crippen molar-refractivity contribution in [2.45, 2.75) is 26.3 Å². The summed E-state index contributed by atoms with van der Waals surface area (Å²) in [5, 5.41) is 4.76. The summed E-state index contributed by atoms with van der Waals surface area (Å²) in [6.07, 6.45) is 6.56. The van der Waals surface area contributed by atoms with Crippen molar-refractivity contribution in [2.75, 3.05) is 13.1 Å². The van der Waals surface area contributed by atoms with Gasteiger partial charge in [-0.1, -0.05) is 31.2 Å². The molecule has 0 fully saturated rings. The zero-order valence-corrected chi connectivity index (χ0v) is 11.2. The molecule has 0 atom stereocenters. The molecule has 0 amide bonds. The van der Waals surface area contributed by atoms with Crippen molar-refractivity contribution in [3.8, 4) is 0 Å². The monoisotopic (exact) mass is 242 g/mol. The van der Waals surface area contributed by atoms with Gasteiger partial charge in [-0.3, -0.25) is 0 Å². The Kier molecular flexibility index (Phi) is 4.59. The van der Waals surface area contributed by atoms with Crippen LogP contribution in [0.5, 0.6) is 0 Å². The SMILES string of the molecule is C=CCn1cc(CCCNCC)c2ccccc21. The second-order valence-electron chi connectivity index (χ2n) is 4.57. The molecule has 1 aromatic carbocycles. The Balaban J connectivity index is 2.18. The average Bonchev–Trinajstić information content (AvgIpc) is 2.74. The quantitative estimate of drug-likeness (QED) is 0.582. The third-order valence-corrected chi connectivity index (χ3v) is 3.25. The number of aromatic nitrogens is 1. The number of fused-ring (bicyclic) bond motifs is 1. The Labute approximate surface area is 109 Å². The molecule has 0 radical (unpaired) electrons. The van der Waals surface area contributed by atoms with Crippen LogP contribution in [0.2, 0.25) is 0 Å². The van der Waals surface area contributed by atoms with E-state index in [9.17, 15) is 0 Å². The van der Waals surface area contributed by atoms with Crippen LogP contribution >= 0.6 is 0 Å². The first kappa shape index (κ1) is 12.9. The van der Waals surface area contributed by atoms with Crippen molar-refractivity contribution in [2.24, 2.45) is 0 Å². The molecule has 1 N–H and O–H groups in total. The Morgan fingerprint density at radius 3 is 2.94 bits per heavy atom. The molecular weight excluding hydrogens is 220 g/mol. The molecule has 18 heavy (non-hydrogen) atoms. The number of para-hydroxylation sites is 1. The summed E-state index contributed by atoms with van der Waals surface area (Å²) in [6, 6.07) is 8.63. The number of nitrogens with zero attached hydrogens (tertiary/aromatic N) is 1. The highest BCUT2D eigenvalue weighted by atomic mass is 14.9.